The Hall–Kier alpha value is -1.97. The predicted octanol–water partition coefficient (Wildman–Crippen LogP) is 1.83. The largest absolute Gasteiger partial charge is 0.368 e. The molecule has 2 aromatic heterocycles. The van der Waals surface area contributed by atoms with Gasteiger partial charge in [-0.05, 0) is 19.1 Å². The van der Waals surface area contributed by atoms with Crippen LogP contribution in [0.1, 0.15) is 11.4 Å². The highest BCUT2D eigenvalue weighted by Gasteiger charge is 1.98. The fraction of sp³-hybridized carbons (Fsp3) is 0.250. The van der Waals surface area contributed by atoms with E-state index in [0.29, 0.717) is 0 Å². The summed E-state index contributed by atoms with van der Waals surface area (Å²) in [6.07, 6.45) is 6.08. The van der Waals surface area contributed by atoms with Crippen molar-refractivity contribution in [2.75, 3.05) is 11.9 Å². The monoisotopic (exact) mass is 214 g/mol. The van der Waals surface area contributed by atoms with E-state index < -0.39 is 0 Å². The molecule has 0 aliphatic heterocycles. The van der Waals surface area contributed by atoms with Crippen molar-refractivity contribution in [3.63, 3.8) is 0 Å². The number of anilines is 1. The Bertz CT molecular complexity index is 442. The zero-order valence-electron chi connectivity index (χ0n) is 9.22. The Labute approximate surface area is 94.8 Å². The second kappa shape index (κ2) is 5.21. The summed E-state index contributed by atoms with van der Waals surface area (Å²) in [6.45, 7) is 2.76. The van der Waals surface area contributed by atoms with Crippen molar-refractivity contribution >= 4 is 5.82 Å². The molecular formula is C12H14N4. The van der Waals surface area contributed by atoms with Crippen LogP contribution in [0, 0.1) is 6.92 Å². The van der Waals surface area contributed by atoms with E-state index in [1.165, 1.54) is 0 Å². The van der Waals surface area contributed by atoms with Crippen molar-refractivity contribution in [3.8, 4) is 0 Å². The maximum Gasteiger partial charge on any atom is 0.147 e. The quantitative estimate of drug-likeness (QED) is 0.843. The van der Waals surface area contributed by atoms with E-state index in [4.69, 9.17) is 0 Å². The number of hydrogen-bond acceptors (Lipinski definition) is 4. The number of nitrogens with one attached hydrogen (secondary N) is 1. The van der Waals surface area contributed by atoms with Gasteiger partial charge in [0.2, 0.25) is 0 Å². The molecule has 0 spiro atoms. The van der Waals surface area contributed by atoms with E-state index in [9.17, 15) is 0 Å². The second-order valence-corrected chi connectivity index (χ2v) is 3.49. The lowest BCUT2D eigenvalue weighted by molar-refractivity contribution is 0.944. The first kappa shape index (κ1) is 10.5. The molecule has 0 saturated carbocycles. The highest BCUT2D eigenvalue weighted by atomic mass is 15.0. The summed E-state index contributed by atoms with van der Waals surface area (Å²) < 4.78 is 0. The minimum absolute atomic E-state index is 0.816. The van der Waals surface area contributed by atoms with E-state index in [2.05, 4.69) is 20.3 Å². The van der Waals surface area contributed by atoms with Gasteiger partial charge in [0.1, 0.15) is 5.82 Å². The van der Waals surface area contributed by atoms with Crippen LogP contribution in [0.2, 0.25) is 0 Å². The third-order valence-corrected chi connectivity index (χ3v) is 2.28. The topological polar surface area (TPSA) is 50.7 Å². The Balaban J connectivity index is 1.87. The molecule has 82 valence electrons. The molecule has 16 heavy (non-hydrogen) atoms. The molecule has 0 saturated heterocycles. The molecule has 0 unspecified atom stereocenters. The zero-order valence-corrected chi connectivity index (χ0v) is 9.22. The molecule has 4 heteroatoms. The average Bonchev–Trinajstić information content (AvgIpc) is 2.33. The van der Waals surface area contributed by atoms with Gasteiger partial charge < -0.3 is 5.32 Å². The van der Waals surface area contributed by atoms with Gasteiger partial charge in [-0.25, -0.2) is 4.98 Å². The predicted molar refractivity (Wildman–Crippen MR) is 63.2 cm³/mol. The highest BCUT2D eigenvalue weighted by Crippen LogP contribution is 2.05. The Kier molecular flexibility index (Phi) is 3.43. The molecule has 0 aliphatic rings. The first-order valence-electron chi connectivity index (χ1n) is 5.27. The summed E-state index contributed by atoms with van der Waals surface area (Å²) >= 11 is 0. The minimum Gasteiger partial charge on any atom is -0.368 e. The van der Waals surface area contributed by atoms with Gasteiger partial charge in [-0.3, -0.25) is 9.97 Å². The maximum absolute atomic E-state index is 4.26. The van der Waals surface area contributed by atoms with Gasteiger partial charge in [0.05, 0.1) is 5.69 Å². The summed E-state index contributed by atoms with van der Waals surface area (Å²) in [6, 6.07) is 5.94. The maximum atomic E-state index is 4.26. The van der Waals surface area contributed by atoms with Crippen LogP contribution in [0.3, 0.4) is 0 Å². The molecule has 1 N–H and O–H groups in total. The van der Waals surface area contributed by atoms with Crippen molar-refractivity contribution in [1.29, 1.82) is 0 Å². The van der Waals surface area contributed by atoms with Crippen molar-refractivity contribution in [2.24, 2.45) is 0 Å². The van der Waals surface area contributed by atoms with Crippen LogP contribution in [-0.4, -0.2) is 21.5 Å². The lowest BCUT2D eigenvalue weighted by Crippen LogP contribution is -2.08. The van der Waals surface area contributed by atoms with Crippen LogP contribution in [0.15, 0.2) is 36.8 Å². The van der Waals surface area contributed by atoms with Gasteiger partial charge in [0.15, 0.2) is 0 Å². The van der Waals surface area contributed by atoms with Gasteiger partial charge in [-0.15, -0.1) is 0 Å². The Morgan fingerprint density at radius 3 is 2.69 bits per heavy atom. The van der Waals surface area contributed by atoms with Crippen molar-refractivity contribution < 1.29 is 0 Å². The molecule has 0 fully saturated rings. The zero-order chi connectivity index (χ0) is 11.2. The second-order valence-electron chi connectivity index (χ2n) is 3.49. The van der Waals surface area contributed by atoms with E-state index in [1.807, 2.05) is 31.3 Å². The van der Waals surface area contributed by atoms with Gasteiger partial charge in [0, 0.05) is 37.3 Å². The van der Waals surface area contributed by atoms with Gasteiger partial charge in [-0.1, -0.05) is 6.07 Å². The minimum atomic E-state index is 0.816. The molecule has 2 heterocycles. The fourth-order valence-corrected chi connectivity index (χ4v) is 1.44. The van der Waals surface area contributed by atoms with E-state index in [1.54, 1.807) is 12.4 Å². The normalized spacial score (nSPS) is 10.1. The molecule has 4 nitrogen and oxygen atoms in total. The van der Waals surface area contributed by atoms with Crippen LogP contribution in [-0.2, 0) is 6.42 Å². The lowest BCUT2D eigenvalue weighted by atomic mass is 10.3. The average molecular weight is 214 g/mol. The summed E-state index contributed by atoms with van der Waals surface area (Å²) in [5.74, 6) is 0.846. The number of hydrogen-bond donors (Lipinski definition) is 1. The third kappa shape index (κ3) is 2.76. The lowest BCUT2D eigenvalue weighted by Gasteiger charge is -2.06. The van der Waals surface area contributed by atoms with Crippen molar-refractivity contribution in [3.05, 3.63) is 48.2 Å². The smallest absolute Gasteiger partial charge is 0.147 e. The summed E-state index contributed by atoms with van der Waals surface area (Å²) in [4.78, 5) is 12.6. The molecule has 0 atom stereocenters. The number of pyridine rings is 1. The standard InChI is InChI=1S/C12H14N4/c1-10-12(16-9-8-13-10)15-7-5-11-4-2-3-6-14-11/h2-4,6,8-9H,5,7H2,1H3,(H,15,16). The van der Waals surface area contributed by atoms with E-state index >= 15 is 0 Å². The number of rotatable bonds is 4. The van der Waals surface area contributed by atoms with Crippen molar-refractivity contribution in [1.82, 2.24) is 15.0 Å². The summed E-state index contributed by atoms with van der Waals surface area (Å²) in [7, 11) is 0. The molecule has 2 rings (SSSR count). The molecule has 0 bridgehead atoms. The molecular weight excluding hydrogens is 200 g/mol. The number of aryl methyl sites for hydroxylation is 1. The fourth-order valence-electron chi connectivity index (χ4n) is 1.44. The van der Waals surface area contributed by atoms with Gasteiger partial charge >= 0.3 is 0 Å². The van der Waals surface area contributed by atoms with Crippen LogP contribution in [0.25, 0.3) is 0 Å². The van der Waals surface area contributed by atoms with Crippen molar-refractivity contribution in [2.45, 2.75) is 13.3 Å². The molecule has 2 aromatic rings. The molecule has 0 radical (unpaired) electrons. The van der Waals surface area contributed by atoms with Crippen LogP contribution in [0.4, 0.5) is 5.82 Å². The molecule has 0 aromatic carbocycles. The molecule has 0 aliphatic carbocycles. The SMILES string of the molecule is Cc1nccnc1NCCc1ccccn1. The highest BCUT2D eigenvalue weighted by molar-refractivity contribution is 5.38. The van der Waals surface area contributed by atoms with E-state index in [-0.39, 0.29) is 0 Å². The van der Waals surface area contributed by atoms with Crippen LogP contribution < -0.4 is 5.32 Å². The number of nitrogens with zero attached hydrogens (tertiary/aromatic N) is 3. The summed E-state index contributed by atoms with van der Waals surface area (Å²) in [5.41, 5.74) is 2.00. The van der Waals surface area contributed by atoms with Gasteiger partial charge in [-0.2, -0.15) is 0 Å². The Morgan fingerprint density at radius 1 is 1.06 bits per heavy atom. The first-order valence-corrected chi connectivity index (χ1v) is 5.27. The van der Waals surface area contributed by atoms with E-state index in [0.717, 1.165) is 30.2 Å². The van der Waals surface area contributed by atoms with Crippen LogP contribution in [0.5, 0.6) is 0 Å². The first-order chi connectivity index (χ1) is 7.86. The number of aromatic nitrogens is 3. The summed E-state index contributed by atoms with van der Waals surface area (Å²) in [5, 5.41) is 3.25. The third-order valence-electron chi connectivity index (χ3n) is 2.28. The van der Waals surface area contributed by atoms with Gasteiger partial charge in [0.25, 0.3) is 0 Å². The van der Waals surface area contributed by atoms with Crippen LogP contribution >= 0.6 is 0 Å². The molecule has 0 amide bonds. The Morgan fingerprint density at radius 2 is 1.94 bits per heavy atom.